The molecule has 0 bridgehead atoms. The normalized spacial score (nSPS) is 12.8. The molecule has 0 aliphatic carbocycles. The number of ether oxygens (including phenoxy) is 1. The molecule has 7 heteroatoms. The van der Waals surface area contributed by atoms with Gasteiger partial charge in [0.25, 0.3) is 0 Å². The fourth-order valence-electron chi connectivity index (χ4n) is 3.80. The Labute approximate surface area is 193 Å². The Morgan fingerprint density at radius 3 is 2.22 bits per heavy atom. The van der Waals surface area contributed by atoms with Gasteiger partial charge in [-0.15, -0.1) is 0 Å². The van der Waals surface area contributed by atoms with Gasteiger partial charge < -0.3 is 10.1 Å². The van der Waals surface area contributed by atoms with Crippen LogP contribution in [0.4, 0.5) is 5.69 Å². The first kappa shape index (κ1) is 25.7. The van der Waals surface area contributed by atoms with Crippen molar-refractivity contribution in [1.82, 2.24) is 5.32 Å². The SMILES string of the molecule is CC[C@@H](C(=O)NCCOc1ccccc1C(C)(C)C)N(c1cc(C)cc(C)c1)S(C)(=O)=O. The van der Waals surface area contributed by atoms with Crippen LogP contribution in [0.25, 0.3) is 0 Å². The largest absolute Gasteiger partial charge is 0.491 e. The number of carbonyl (C=O) groups is 1. The second-order valence-electron chi connectivity index (χ2n) is 9.21. The Kier molecular flexibility index (Phi) is 8.35. The lowest BCUT2D eigenvalue weighted by molar-refractivity contribution is -0.122. The molecule has 0 aliphatic heterocycles. The van der Waals surface area contributed by atoms with E-state index in [-0.39, 0.29) is 24.5 Å². The van der Waals surface area contributed by atoms with E-state index in [0.717, 1.165) is 28.7 Å². The Morgan fingerprint density at radius 2 is 1.69 bits per heavy atom. The topological polar surface area (TPSA) is 75.7 Å². The number of benzene rings is 2. The van der Waals surface area contributed by atoms with Crippen LogP contribution in [-0.2, 0) is 20.2 Å². The molecule has 0 spiro atoms. The number of rotatable bonds is 9. The predicted molar refractivity (Wildman–Crippen MR) is 131 cm³/mol. The first-order valence-corrected chi connectivity index (χ1v) is 12.8. The van der Waals surface area contributed by atoms with E-state index in [1.165, 1.54) is 4.31 Å². The van der Waals surface area contributed by atoms with Crippen LogP contribution < -0.4 is 14.4 Å². The molecule has 0 fully saturated rings. The standard InChI is InChI=1S/C25H36N2O4S/c1-8-22(27(32(7,29)30)20-16-18(2)15-19(3)17-20)24(28)26-13-14-31-23-12-10-9-11-21(23)25(4,5)6/h9-12,15-17,22H,8,13-14H2,1-7H3,(H,26,28)/t22-/m0/s1. The van der Waals surface area contributed by atoms with E-state index in [4.69, 9.17) is 4.74 Å². The van der Waals surface area contributed by atoms with Crippen LogP contribution >= 0.6 is 0 Å². The fourth-order valence-corrected chi connectivity index (χ4v) is 5.00. The Morgan fingerprint density at radius 1 is 1.09 bits per heavy atom. The summed E-state index contributed by atoms with van der Waals surface area (Å²) in [5.74, 6) is 0.444. The van der Waals surface area contributed by atoms with Gasteiger partial charge in [-0.25, -0.2) is 8.42 Å². The minimum Gasteiger partial charge on any atom is -0.491 e. The maximum absolute atomic E-state index is 13.0. The van der Waals surface area contributed by atoms with Crippen LogP contribution in [0.5, 0.6) is 5.75 Å². The second-order valence-corrected chi connectivity index (χ2v) is 11.1. The summed E-state index contributed by atoms with van der Waals surface area (Å²) in [4.78, 5) is 13.0. The van der Waals surface area contributed by atoms with Gasteiger partial charge in [0, 0.05) is 0 Å². The fraction of sp³-hybridized carbons (Fsp3) is 0.480. The molecular formula is C25H36N2O4S. The summed E-state index contributed by atoms with van der Waals surface area (Å²) in [7, 11) is -3.66. The van der Waals surface area contributed by atoms with E-state index < -0.39 is 16.1 Å². The van der Waals surface area contributed by atoms with E-state index in [1.807, 2.05) is 44.2 Å². The molecule has 0 saturated carbocycles. The van der Waals surface area contributed by atoms with Gasteiger partial charge in [-0.2, -0.15) is 0 Å². The van der Waals surface area contributed by atoms with Gasteiger partial charge in [-0.05, 0) is 60.6 Å². The molecule has 1 atom stereocenters. The van der Waals surface area contributed by atoms with Gasteiger partial charge in [0.15, 0.2) is 0 Å². The molecule has 0 aliphatic rings. The van der Waals surface area contributed by atoms with Crippen molar-refractivity contribution in [1.29, 1.82) is 0 Å². The molecule has 2 aromatic rings. The number of aryl methyl sites for hydroxylation is 2. The minimum absolute atomic E-state index is 0.0604. The van der Waals surface area contributed by atoms with E-state index in [1.54, 1.807) is 19.1 Å². The lowest BCUT2D eigenvalue weighted by Gasteiger charge is -2.30. The first-order valence-electron chi connectivity index (χ1n) is 10.9. The number of amides is 1. The summed E-state index contributed by atoms with van der Waals surface area (Å²) >= 11 is 0. The molecule has 1 amide bonds. The lowest BCUT2D eigenvalue weighted by atomic mass is 9.86. The smallest absolute Gasteiger partial charge is 0.244 e. The summed E-state index contributed by atoms with van der Waals surface area (Å²) in [5, 5.41) is 2.84. The average Bonchev–Trinajstić information content (AvgIpc) is 2.66. The lowest BCUT2D eigenvalue weighted by Crippen LogP contribution is -2.50. The third-order valence-corrected chi connectivity index (χ3v) is 6.32. The molecule has 0 unspecified atom stereocenters. The highest BCUT2D eigenvalue weighted by Crippen LogP contribution is 2.31. The number of carbonyl (C=O) groups excluding carboxylic acids is 1. The van der Waals surface area contributed by atoms with Crippen molar-refractivity contribution < 1.29 is 17.9 Å². The number of hydrogen-bond donors (Lipinski definition) is 1. The van der Waals surface area contributed by atoms with Crippen molar-refractivity contribution in [2.75, 3.05) is 23.7 Å². The number of nitrogens with one attached hydrogen (secondary N) is 1. The molecule has 2 aromatic carbocycles. The van der Waals surface area contributed by atoms with Gasteiger partial charge >= 0.3 is 0 Å². The van der Waals surface area contributed by atoms with Crippen molar-refractivity contribution in [3.63, 3.8) is 0 Å². The number of para-hydroxylation sites is 1. The highest BCUT2D eigenvalue weighted by Gasteiger charge is 2.31. The number of anilines is 1. The van der Waals surface area contributed by atoms with Gasteiger partial charge in [0.2, 0.25) is 15.9 Å². The van der Waals surface area contributed by atoms with Gasteiger partial charge in [-0.3, -0.25) is 9.10 Å². The molecule has 2 rings (SSSR count). The van der Waals surface area contributed by atoms with E-state index >= 15 is 0 Å². The predicted octanol–water partition coefficient (Wildman–Crippen LogP) is 4.34. The summed E-state index contributed by atoms with van der Waals surface area (Å²) in [6.45, 7) is 12.5. The second kappa shape index (κ2) is 10.4. The number of nitrogens with zero attached hydrogens (tertiary/aromatic N) is 1. The molecule has 176 valence electrons. The van der Waals surface area contributed by atoms with E-state index in [9.17, 15) is 13.2 Å². The zero-order valence-electron chi connectivity index (χ0n) is 20.2. The number of sulfonamides is 1. The molecule has 0 radical (unpaired) electrons. The zero-order valence-corrected chi connectivity index (χ0v) is 21.0. The number of hydrogen-bond acceptors (Lipinski definition) is 4. The molecule has 0 heterocycles. The molecule has 32 heavy (non-hydrogen) atoms. The van der Waals surface area contributed by atoms with Crippen molar-refractivity contribution in [2.45, 2.75) is 59.4 Å². The molecule has 0 saturated heterocycles. The molecule has 6 nitrogen and oxygen atoms in total. The van der Waals surface area contributed by atoms with Crippen LogP contribution in [0.2, 0.25) is 0 Å². The van der Waals surface area contributed by atoms with Gasteiger partial charge in [-0.1, -0.05) is 52.0 Å². The zero-order chi connectivity index (χ0) is 24.1. The van der Waals surface area contributed by atoms with Crippen molar-refractivity contribution in [2.24, 2.45) is 0 Å². The minimum atomic E-state index is -3.66. The highest BCUT2D eigenvalue weighted by atomic mass is 32.2. The van der Waals surface area contributed by atoms with E-state index in [2.05, 4.69) is 26.1 Å². The summed E-state index contributed by atoms with van der Waals surface area (Å²) < 4.78 is 32.4. The highest BCUT2D eigenvalue weighted by molar-refractivity contribution is 7.92. The van der Waals surface area contributed by atoms with Gasteiger partial charge in [0.1, 0.15) is 18.4 Å². The van der Waals surface area contributed by atoms with Crippen LogP contribution in [-0.4, -0.2) is 39.8 Å². The monoisotopic (exact) mass is 460 g/mol. The van der Waals surface area contributed by atoms with Crippen molar-refractivity contribution in [3.8, 4) is 5.75 Å². The average molecular weight is 461 g/mol. The molecular weight excluding hydrogens is 424 g/mol. The summed E-state index contributed by atoms with van der Waals surface area (Å²) in [6, 6.07) is 12.6. The van der Waals surface area contributed by atoms with Crippen LogP contribution in [0.15, 0.2) is 42.5 Å². The molecule has 0 aromatic heterocycles. The Hall–Kier alpha value is -2.54. The quantitative estimate of drug-likeness (QED) is 0.565. The van der Waals surface area contributed by atoms with Crippen molar-refractivity contribution >= 4 is 21.6 Å². The van der Waals surface area contributed by atoms with Crippen LogP contribution in [0.1, 0.15) is 50.8 Å². The third kappa shape index (κ3) is 6.73. The summed E-state index contributed by atoms with van der Waals surface area (Å²) in [6.07, 6.45) is 1.48. The van der Waals surface area contributed by atoms with Gasteiger partial charge in [0.05, 0.1) is 18.5 Å². The van der Waals surface area contributed by atoms with Crippen LogP contribution in [0.3, 0.4) is 0 Å². The van der Waals surface area contributed by atoms with E-state index in [0.29, 0.717) is 12.1 Å². The summed E-state index contributed by atoms with van der Waals surface area (Å²) in [5.41, 5.74) is 3.41. The maximum Gasteiger partial charge on any atom is 0.244 e. The van der Waals surface area contributed by atoms with Crippen LogP contribution in [0, 0.1) is 13.8 Å². The third-order valence-electron chi connectivity index (χ3n) is 5.14. The maximum atomic E-state index is 13.0. The first-order chi connectivity index (χ1) is 14.8. The molecule has 1 N–H and O–H groups in total. The Bertz CT molecular complexity index is 1020. The van der Waals surface area contributed by atoms with Crippen molar-refractivity contribution in [3.05, 3.63) is 59.2 Å². The Balaban J connectivity index is 2.12.